The van der Waals surface area contributed by atoms with Gasteiger partial charge in [0.05, 0.1) is 22.3 Å². The first-order valence-electron chi connectivity index (χ1n) is 11.2. The molecule has 0 aliphatic carbocycles. The van der Waals surface area contributed by atoms with Crippen LogP contribution in [0.2, 0.25) is 10.0 Å². The summed E-state index contributed by atoms with van der Waals surface area (Å²) in [5, 5.41) is -0.248. The van der Waals surface area contributed by atoms with E-state index in [9.17, 15) is 25.9 Å². The van der Waals surface area contributed by atoms with Gasteiger partial charge in [-0.15, -0.1) is 0 Å². The van der Waals surface area contributed by atoms with Gasteiger partial charge in [0.15, 0.2) is 12.3 Å². The SMILES string of the molecule is CC(CCN1C(=Cc2sc3ccc(Cl)cc3[n+]2CCC(C)S(=O)(=O)O)Oc2ccc(Cl)cc21)S(=O)(=O)O. The van der Waals surface area contributed by atoms with E-state index in [-0.39, 0.29) is 25.9 Å². The van der Waals surface area contributed by atoms with Crippen molar-refractivity contribution in [1.29, 1.82) is 0 Å². The van der Waals surface area contributed by atoms with E-state index in [0.29, 0.717) is 27.4 Å². The maximum absolute atomic E-state index is 11.6. The van der Waals surface area contributed by atoms with E-state index in [1.54, 1.807) is 41.3 Å². The highest BCUT2D eigenvalue weighted by atomic mass is 35.5. The van der Waals surface area contributed by atoms with E-state index in [1.165, 1.54) is 25.2 Å². The summed E-state index contributed by atoms with van der Waals surface area (Å²) in [7, 11) is -8.41. The smallest absolute Gasteiger partial charge is 0.268 e. The van der Waals surface area contributed by atoms with Gasteiger partial charge in [0.1, 0.15) is 4.70 Å². The van der Waals surface area contributed by atoms with Crippen molar-refractivity contribution in [2.75, 3.05) is 11.4 Å². The van der Waals surface area contributed by atoms with Gasteiger partial charge in [-0.3, -0.25) is 9.11 Å². The lowest BCUT2D eigenvalue weighted by Crippen LogP contribution is -2.38. The van der Waals surface area contributed by atoms with Gasteiger partial charge in [-0.05, 0) is 50.6 Å². The molecule has 3 aromatic rings. The number of hydrogen-bond acceptors (Lipinski definition) is 7. The van der Waals surface area contributed by atoms with Crippen molar-refractivity contribution in [2.45, 2.75) is 43.7 Å². The average Bonchev–Trinajstić information content (AvgIpc) is 3.31. The summed E-state index contributed by atoms with van der Waals surface area (Å²) in [4.78, 5) is 1.78. The zero-order chi connectivity index (χ0) is 27.1. The highest BCUT2D eigenvalue weighted by Gasteiger charge is 2.31. The number of benzene rings is 2. The summed E-state index contributed by atoms with van der Waals surface area (Å²) in [5.74, 6) is 0.944. The van der Waals surface area contributed by atoms with Gasteiger partial charge in [0, 0.05) is 29.1 Å². The molecule has 0 bridgehead atoms. The summed E-state index contributed by atoms with van der Waals surface area (Å²) in [6.45, 7) is 3.36. The standard InChI is InChI=1S/C23H24Cl2N2O7S3/c1-14(36(28,29)30)7-9-26-18-11-16(24)3-5-20(18)34-22(26)13-23-27(10-8-15(2)37(31,32)33)19-12-17(25)4-6-21(19)35-23/h3-6,11-15H,7-10H2,1-2H3,(H-,28,29,30,31,32,33)/p+1. The summed E-state index contributed by atoms with van der Waals surface area (Å²) in [6.07, 6.45) is 2.06. The maximum Gasteiger partial charge on any atom is 0.268 e. The largest absolute Gasteiger partial charge is 0.438 e. The molecule has 2 heterocycles. The van der Waals surface area contributed by atoms with E-state index >= 15 is 0 Å². The molecule has 9 nitrogen and oxygen atoms in total. The van der Waals surface area contributed by atoms with Crippen molar-refractivity contribution in [3.63, 3.8) is 0 Å². The van der Waals surface area contributed by atoms with Gasteiger partial charge in [0.2, 0.25) is 11.4 Å². The van der Waals surface area contributed by atoms with Crippen LogP contribution >= 0.6 is 34.5 Å². The number of thiazole rings is 1. The van der Waals surface area contributed by atoms with Crippen LogP contribution in [0.15, 0.2) is 42.3 Å². The van der Waals surface area contributed by atoms with Gasteiger partial charge in [0.25, 0.3) is 25.2 Å². The Kier molecular flexibility index (Phi) is 8.11. The summed E-state index contributed by atoms with van der Waals surface area (Å²) < 4.78 is 74.1. The first kappa shape index (κ1) is 28.1. The predicted octanol–water partition coefficient (Wildman–Crippen LogP) is 5.03. The van der Waals surface area contributed by atoms with Crippen LogP contribution in [-0.4, -0.2) is 43.0 Å². The molecule has 0 amide bonds. The summed E-state index contributed by atoms with van der Waals surface area (Å²) in [5.41, 5.74) is 1.44. The van der Waals surface area contributed by atoms with Crippen molar-refractivity contribution in [2.24, 2.45) is 0 Å². The third-order valence-electron chi connectivity index (χ3n) is 6.17. The van der Waals surface area contributed by atoms with Crippen molar-refractivity contribution < 1.29 is 35.2 Å². The van der Waals surface area contributed by atoms with Crippen LogP contribution in [0.1, 0.15) is 31.7 Å². The van der Waals surface area contributed by atoms with Crippen molar-refractivity contribution in [1.82, 2.24) is 0 Å². The molecule has 4 rings (SSSR count). The van der Waals surface area contributed by atoms with Crippen LogP contribution in [0, 0.1) is 0 Å². The van der Waals surface area contributed by atoms with Crippen LogP contribution < -0.4 is 14.2 Å². The number of anilines is 1. The fourth-order valence-electron chi connectivity index (χ4n) is 3.85. The Hall–Kier alpha value is -1.93. The Balaban J connectivity index is 1.76. The molecular weight excluding hydrogens is 583 g/mol. The van der Waals surface area contributed by atoms with Crippen LogP contribution in [0.25, 0.3) is 16.3 Å². The topological polar surface area (TPSA) is 125 Å². The van der Waals surface area contributed by atoms with Crippen LogP contribution in [0.5, 0.6) is 5.75 Å². The number of rotatable bonds is 9. The molecule has 0 fully saturated rings. The molecule has 0 saturated carbocycles. The van der Waals surface area contributed by atoms with Gasteiger partial charge in [-0.1, -0.05) is 34.5 Å². The molecule has 0 radical (unpaired) electrons. The molecule has 200 valence electrons. The third kappa shape index (κ3) is 6.39. The number of halogens is 2. The number of aryl methyl sites for hydroxylation is 1. The highest BCUT2D eigenvalue weighted by molar-refractivity contribution is 7.86. The maximum atomic E-state index is 11.6. The molecule has 1 aliphatic rings. The molecular formula is C23H25Cl2N2O7S3+. The monoisotopic (exact) mass is 607 g/mol. The minimum atomic E-state index is -4.21. The van der Waals surface area contributed by atoms with Gasteiger partial charge >= 0.3 is 0 Å². The average molecular weight is 609 g/mol. The van der Waals surface area contributed by atoms with E-state index in [4.69, 9.17) is 27.9 Å². The molecule has 2 atom stereocenters. The molecule has 37 heavy (non-hydrogen) atoms. The minimum Gasteiger partial charge on any atom is -0.438 e. The quantitative estimate of drug-likeness (QED) is 0.256. The molecule has 1 aliphatic heterocycles. The molecule has 2 aromatic carbocycles. The van der Waals surface area contributed by atoms with Gasteiger partial charge in [-0.2, -0.15) is 21.4 Å². The molecule has 0 spiro atoms. The lowest BCUT2D eigenvalue weighted by Gasteiger charge is -2.19. The minimum absolute atomic E-state index is 0.124. The normalized spacial score (nSPS) is 16.7. The summed E-state index contributed by atoms with van der Waals surface area (Å²) >= 11 is 13.9. The molecule has 1 aromatic heterocycles. The summed E-state index contributed by atoms with van der Waals surface area (Å²) in [6, 6.07) is 10.5. The van der Waals surface area contributed by atoms with Crippen LogP contribution in [0.4, 0.5) is 5.69 Å². The zero-order valence-electron chi connectivity index (χ0n) is 19.8. The molecule has 14 heteroatoms. The second kappa shape index (κ2) is 10.7. The lowest BCUT2D eigenvalue weighted by atomic mass is 10.2. The lowest BCUT2D eigenvalue weighted by molar-refractivity contribution is -0.669. The Morgan fingerprint density at radius 1 is 1.00 bits per heavy atom. The zero-order valence-corrected chi connectivity index (χ0v) is 23.8. The fraction of sp³-hybridized carbons (Fsp3) is 0.348. The number of nitrogens with zero attached hydrogens (tertiary/aromatic N) is 2. The fourth-order valence-corrected chi connectivity index (χ4v) is 6.08. The Labute approximate surface area is 229 Å². The molecule has 0 saturated heterocycles. The number of ether oxygens (including phenoxy) is 1. The Morgan fingerprint density at radius 2 is 1.62 bits per heavy atom. The molecule has 2 N–H and O–H groups in total. The first-order chi connectivity index (χ1) is 17.2. The second-order valence-electron chi connectivity index (χ2n) is 8.78. The van der Waals surface area contributed by atoms with Crippen LogP contribution in [-0.2, 0) is 26.8 Å². The third-order valence-corrected chi connectivity index (χ3v) is 10.3. The Morgan fingerprint density at radius 3 is 2.30 bits per heavy atom. The first-order valence-corrected chi connectivity index (χ1v) is 15.8. The number of fused-ring (bicyclic) bond motifs is 2. The Bertz CT molecular complexity index is 1590. The number of hydrogen-bond donors (Lipinski definition) is 2. The predicted molar refractivity (Wildman–Crippen MR) is 146 cm³/mol. The van der Waals surface area contributed by atoms with E-state index < -0.39 is 30.7 Å². The van der Waals surface area contributed by atoms with Crippen LogP contribution in [0.3, 0.4) is 0 Å². The van der Waals surface area contributed by atoms with Crippen molar-refractivity contribution in [3.05, 3.63) is 57.3 Å². The van der Waals surface area contributed by atoms with Crippen molar-refractivity contribution in [3.8, 4) is 5.75 Å². The van der Waals surface area contributed by atoms with E-state index in [0.717, 1.165) is 15.2 Å². The van der Waals surface area contributed by atoms with E-state index in [1.807, 2.05) is 10.6 Å². The van der Waals surface area contributed by atoms with Crippen molar-refractivity contribution >= 4 is 76.8 Å². The van der Waals surface area contributed by atoms with Gasteiger partial charge < -0.3 is 9.64 Å². The second-order valence-corrected chi connectivity index (χ2v) is 14.4. The highest BCUT2D eigenvalue weighted by Crippen LogP contribution is 2.41. The van der Waals surface area contributed by atoms with E-state index in [2.05, 4.69) is 0 Å². The van der Waals surface area contributed by atoms with Gasteiger partial charge in [-0.25, -0.2) is 0 Å². The number of aromatic nitrogens is 1. The molecule has 2 unspecified atom stereocenters.